The zero-order valence-corrected chi connectivity index (χ0v) is 17.1. The molecule has 2 aromatic carbocycles. The second-order valence-electron chi connectivity index (χ2n) is 7.56. The van der Waals surface area contributed by atoms with Gasteiger partial charge in [-0.1, -0.05) is 12.1 Å². The van der Waals surface area contributed by atoms with Gasteiger partial charge in [0.05, 0.1) is 11.7 Å². The Labute approximate surface area is 175 Å². The Bertz CT molecular complexity index is 1060. The highest BCUT2D eigenvalue weighted by Gasteiger charge is 2.17. The predicted molar refractivity (Wildman–Crippen MR) is 118 cm³/mol. The van der Waals surface area contributed by atoms with E-state index in [9.17, 15) is 4.79 Å². The summed E-state index contributed by atoms with van der Waals surface area (Å²) < 4.78 is 5.64. The number of aromatic nitrogens is 2. The lowest BCUT2D eigenvalue weighted by atomic mass is 10.1. The van der Waals surface area contributed by atoms with E-state index in [1.54, 1.807) is 6.20 Å². The number of fused-ring (bicyclic) bond motifs is 1. The van der Waals surface area contributed by atoms with E-state index in [4.69, 9.17) is 9.73 Å². The molecule has 0 aliphatic carbocycles. The number of carbonyl (C=O) groups is 1. The van der Waals surface area contributed by atoms with E-state index in [1.165, 1.54) is 0 Å². The number of rotatable bonds is 6. The van der Waals surface area contributed by atoms with Gasteiger partial charge in [0.15, 0.2) is 6.61 Å². The van der Waals surface area contributed by atoms with E-state index < -0.39 is 0 Å². The predicted octanol–water partition coefficient (Wildman–Crippen LogP) is 2.97. The van der Waals surface area contributed by atoms with Gasteiger partial charge in [-0.25, -0.2) is 4.99 Å². The van der Waals surface area contributed by atoms with Crippen LogP contribution in [-0.2, 0) is 4.79 Å². The molecular formula is C22H26N6O2. The van der Waals surface area contributed by atoms with Crippen LogP contribution in [0.25, 0.3) is 10.9 Å². The number of aromatic amines is 1. The number of amidine groups is 1. The average Bonchev–Trinajstić information content (AvgIpc) is 3.20. The summed E-state index contributed by atoms with van der Waals surface area (Å²) in [5, 5.41) is 17.7. The van der Waals surface area contributed by atoms with Crippen molar-refractivity contribution in [2.45, 2.75) is 32.5 Å². The second-order valence-corrected chi connectivity index (χ2v) is 7.56. The molecule has 2 heterocycles. The number of anilines is 1. The summed E-state index contributed by atoms with van der Waals surface area (Å²) in [6.45, 7) is 4.65. The smallest absolute Gasteiger partial charge is 0.258 e. The fourth-order valence-electron chi connectivity index (χ4n) is 3.35. The molecule has 0 radical (unpaired) electrons. The summed E-state index contributed by atoms with van der Waals surface area (Å²) in [5.41, 5.74) is 2.97. The van der Waals surface area contributed by atoms with Gasteiger partial charge in [-0.3, -0.25) is 15.2 Å². The van der Waals surface area contributed by atoms with Gasteiger partial charge in [0, 0.05) is 30.1 Å². The zero-order valence-electron chi connectivity index (χ0n) is 17.1. The lowest BCUT2D eigenvalue weighted by molar-refractivity contribution is -0.123. The molecule has 156 valence electrons. The van der Waals surface area contributed by atoms with Crippen LogP contribution >= 0.6 is 0 Å². The van der Waals surface area contributed by atoms with Crippen LogP contribution in [0.15, 0.2) is 53.7 Å². The van der Waals surface area contributed by atoms with Crippen LogP contribution in [0.3, 0.4) is 0 Å². The van der Waals surface area contributed by atoms with Crippen LogP contribution in [0.2, 0.25) is 0 Å². The van der Waals surface area contributed by atoms with E-state index >= 15 is 0 Å². The molecule has 0 saturated heterocycles. The van der Waals surface area contributed by atoms with Crippen LogP contribution in [0.5, 0.6) is 5.75 Å². The Morgan fingerprint density at radius 1 is 1.27 bits per heavy atom. The van der Waals surface area contributed by atoms with Crippen molar-refractivity contribution in [2.24, 2.45) is 4.99 Å². The number of H-pyrrole nitrogens is 1. The molecule has 1 aromatic heterocycles. The number of nitrogens with zero attached hydrogens (tertiary/aromatic N) is 2. The minimum absolute atomic E-state index is 0.00765. The molecule has 1 aliphatic rings. The van der Waals surface area contributed by atoms with Gasteiger partial charge in [-0.15, -0.1) is 0 Å². The van der Waals surface area contributed by atoms with Gasteiger partial charge in [-0.2, -0.15) is 5.10 Å². The molecule has 4 rings (SSSR count). The van der Waals surface area contributed by atoms with Gasteiger partial charge in [0.2, 0.25) is 0 Å². The number of nitrogens with one attached hydrogen (secondary N) is 4. The molecule has 30 heavy (non-hydrogen) atoms. The molecule has 8 nitrogen and oxygen atoms in total. The third kappa shape index (κ3) is 4.96. The van der Waals surface area contributed by atoms with Gasteiger partial charge in [-0.05, 0) is 49.7 Å². The Hall–Kier alpha value is -3.39. The van der Waals surface area contributed by atoms with E-state index in [2.05, 4.69) is 32.2 Å². The van der Waals surface area contributed by atoms with Crippen LogP contribution in [0.1, 0.15) is 32.0 Å². The molecule has 3 aromatic rings. The van der Waals surface area contributed by atoms with Crippen molar-refractivity contribution in [2.75, 3.05) is 18.5 Å². The minimum atomic E-state index is -0.174. The SMILES string of the molecule is CC(C)NC(=O)COc1cccc(C2N=C(Nc3ccc4[nH]ncc4c3)CCN2)c1. The minimum Gasteiger partial charge on any atom is -0.484 e. The van der Waals surface area contributed by atoms with Crippen molar-refractivity contribution in [3.8, 4) is 5.75 Å². The van der Waals surface area contributed by atoms with Crippen LogP contribution in [0, 0.1) is 0 Å². The molecule has 0 spiro atoms. The molecule has 1 aliphatic heterocycles. The summed E-state index contributed by atoms with van der Waals surface area (Å²) in [7, 11) is 0. The summed E-state index contributed by atoms with van der Waals surface area (Å²) in [5.74, 6) is 1.43. The molecule has 0 bridgehead atoms. The standard InChI is InChI=1S/C22H26N6O2/c1-14(2)25-21(29)13-30-18-5-3-4-15(11-18)22-23-9-8-20(27-22)26-17-6-7-19-16(10-17)12-24-28-19/h3-7,10-12,14,22-23H,8-9,13H2,1-2H3,(H,24,28)(H,25,29)(H,26,27). The maximum absolute atomic E-state index is 11.8. The van der Waals surface area contributed by atoms with Crippen molar-refractivity contribution in [3.63, 3.8) is 0 Å². The van der Waals surface area contributed by atoms with Gasteiger partial charge in [0.25, 0.3) is 5.91 Å². The highest BCUT2D eigenvalue weighted by molar-refractivity contribution is 5.97. The number of aliphatic imine (C=N–C) groups is 1. The zero-order chi connectivity index (χ0) is 20.9. The molecule has 0 saturated carbocycles. The van der Waals surface area contributed by atoms with Crippen LogP contribution < -0.4 is 20.7 Å². The van der Waals surface area contributed by atoms with Crippen LogP contribution in [0.4, 0.5) is 5.69 Å². The fraction of sp³-hybridized carbons (Fsp3) is 0.318. The maximum Gasteiger partial charge on any atom is 0.258 e. The fourth-order valence-corrected chi connectivity index (χ4v) is 3.35. The number of benzene rings is 2. The first kappa shape index (κ1) is 19.9. The van der Waals surface area contributed by atoms with E-state index in [-0.39, 0.29) is 24.7 Å². The van der Waals surface area contributed by atoms with Crippen molar-refractivity contribution in [1.29, 1.82) is 0 Å². The summed E-state index contributed by atoms with van der Waals surface area (Å²) in [4.78, 5) is 16.6. The van der Waals surface area contributed by atoms with Crippen molar-refractivity contribution < 1.29 is 9.53 Å². The van der Waals surface area contributed by atoms with Crippen molar-refractivity contribution in [1.82, 2.24) is 20.8 Å². The Balaban J connectivity index is 1.43. The number of hydrogen-bond donors (Lipinski definition) is 4. The molecule has 8 heteroatoms. The number of ether oxygens (including phenoxy) is 1. The first-order valence-electron chi connectivity index (χ1n) is 10.1. The van der Waals surface area contributed by atoms with E-state index in [1.807, 2.05) is 50.2 Å². The highest BCUT2D eigenvalue weighted by Crippen LogP contribution is 2.24. The Kier molecular flexibility index (Phi) is 5.94. The normalized spacial score (nSPS) is 16.4. The second kappa shape index (κ2) is 8.96. The summed E-state index contributed by atoms with van der Waals surface area (Å²) in [6, 6.07) is 13.8. The largest absolute Gasteiger partial charge is 0.484 e. The van der Waals surface area contributed by atoms with Crippen LogP contribution in [-0.4, -0.2) is 41.1 Å². The van der Waals surface area contributed by atoms with E-state index in [0.717, 1.165) is 41.0 Å². The lowest BCUT2D eigenvalue weighted by Gasteiger charge is -2.23. The van der Waals surface area contributed by atoms with Gasteiger partial charge in [0.1, 0.15) is 17.8 Å². The first-order valence-corrected chi connectivity index (χ1v) is 10.1. The third-order valence-corrected chi connectivity index (χ3v) is 4.71. The molecule has 1 atom stereocenters. The summed E-state index contributed by atoms with van der Waals surface area (Å²) in [6.07, 6.45) is 2.44. The lowest BCUT2D eigenvalue weighted by Crippen LogP contribution is -2.34. The van der Waals surface area contributed by atoms with E-state index in [0.29, 0.717) is 5.75 Å². The molecule has 0 fully saturated rings. The maximum atomic E-state index is 11.8. The average molecular weight is 406 g/mol. The highest BCUT2D eigenvalue weighted by atomic mass is 16.5. The Morgan fingerprint density at radius 2 is 2.17 bits per heavy atom. The van der Waals surface area contributed by atoms with Gasteiger partial charge < -0.3 is 15.4 Å². The topological polar surface area (TPSA) is 103 Å². The van der Waals surface area contributed by atoms with Crippen molar-refractivity contribution >= 4 is 28.3 Å². The number of hydrogen-bond acceptors (Lipinski definition) is 6. The number of carbonyl (C=O) groups excluding carboxylic acids is 1. The Morgan fingerprint density at radius 3 is 3.03 bits per heavy atom. The number of amides is 1. The molecule has 4 N–H and O–H groups in total. The monoisotopic (exact) mass is 406 g/mol. The van der Waals surface area contributed by atoms with Gasteiger partial charge >= 0.3 is 0 Å². The third-order valence-electron chi connectivity index (χ3n) is 4.71. The molecular weight excluding hydrogens is 380 g/mol. The molecule has 1 amide bonds. The first-order chi connectivity index (χ1) is 14.6. The molecule has 1 unspecified atom stereocenters. The van der Waals surface area contributed by atoms with Crippen molar-refractivity contribution in [3.05, 3.63) is 54.2 Å². The quantitative estimate of drug-likeness (QED) is 0.504. The summed E-state index contributed by atoms with van der Waals surface area (Å²) >= 11 is 0.